The lowest BCUT2D eigenvalue weighted by Crippen LogP contribution is -2.31. The van der Waals surface area contributed by atoms with E-state index >= 15 is 0 Å². The first-order valence-electron chi connectivity index (χ1n) is 12.7. The first kappa shape index (κ1) is 21.7. The number of rotatable bonds is 4. The number of aromatic hydroxyl groups is 2. The summed E-state index contributed by atoms with van der Waals surface area (Å²) in [5.74, 6) is 0.574. The molecular formula is C35H26O2. The zero-order valence-corrected chi connectivity index (χ0v) is 20.4. The van der Waals surface area contributed by atoms with Gasteiger partial charge < -0.3 is 10.2 Å². The first-order valence-corrected chi connectivity index (χ1v) is 12.7. The summed E-state index contributed by atoms with van der Waals surface area (Å²) in [7, 11) is 0. The lowest BCUT2D eigenvalue weighted by atomic mass is 9.69. The maximum absolute atomic E-state index is 10.1. The van der Waals surface area contributed by atoms with Crippen molar-refractivity contribution in [1.82, 2.24) is 0 Å². The lowest BCUT2D eigenvalue weighted by molar-refractivity contribution is 0.475. The quantitative estimate of drug-likeness (QED) is 0.268. The number of hydrogen-bond donors (Lipinski definition) is 2. The topological polar surface area (TPSA) is 40.5 Å². The van der Waals surface area contributed by atoms with Crippen LogP contribution in [0.4, 0.5) is 0 Å². The minimum Gasteiger partial charge on any atom is -0.508 e. The predicted octanol–water partition coefficient (Wildman–Crippen LogP) is 8.16. The van der Waals surface area contributed by atoms with E-state index in [1.165, 1.54) is 44.2 Å². The molecule has 0 bridgehead atoms. The average molecular weight is 479 g/mol. The highest BCUT2D eigenvalue weighted by Crippen LogP contribution is 2.53. The molecule has 0 saturated heterocycles. The van der Waals surface area contributed by atoms with E-state index < -0.39 is 0 Å². The van der Waals surface area contributed by atoms with Crippen LogP contribution >= 0.6 is 0 Å². The number of hydrogen-bond acceptors (Lipinski definition) is 2. The fraction of sp³-hybridized carbons (Fsp3) is 0.0857. The van der Waals surface area contributed by atoms with E-state index in [4.69, 9.17) is 0 Å². The van der Waals surface area contributed by atoms with Crippen LogP contribution in [0.15, 0.2) is 121 Å². The molecule has 0 saturated carbocycles. The summed E-state index contributed by atoms with van der Waals surface area (Å²) in [6.07, 6.45) is 1.66. The standard InChI is InChI=1S/C35H26O2/c36-27-15-17-29-23(19-27)7-5-9-25(29)21-35(22-26-10-6-8-24-20-28(37)16-18-30(24)26)33-13-3-1-11-31(33)32-12-2-4-14-34(32)35/h1-20,36-37H,21-22H2. The summed E-state index contributed by atoms with van der Waals surface area (Å²) < 4.78 is 0. The van der Waals surface area contributed by atoms with Crippen molar-refractivity contribution in [2.75, 3.05) is 0 Å². The third-order valence-electron chi connectivity index (χ3n) is 8.07. The van der Waals surface area contributed by atoms with Gasteiger partial charge >= 0.3 is 0 Å². The minimum atomic E-state index is -0.272. The summed E-state index contributed by atoms with van der Waals surface area (Å²) in [5.41, 5.74) is 7.56. The van der Waals surface area contributed by atoms with Crippen LogP contribution in [0, 0.1) is 0 Å². The highest BCUT2D eigenvalue weighted by Gasteiger charge is 2.43. The maximum atomic E-state index is 10.1. The second kappa shape index (κ2) is 8.25. The number of phenolic OH excluding ortho intramolecular Hbond substituents is 2. The molecule has 1 aliphatic rings. The highest BCUT2D eigenvalue weighted by atomic mass is 16.3. The third-order valence-corrected chi connectivity index (χ3v) is 8.07. The molecule has 0 unspecified atom stereocenters. The van der Waals surface area contributed by atoms with Gasteiger partial charge in [0.25, 0.3) is 0 Å². The van der Waals surface area contributed by atoms with Gasteiger partial charge in [-0.25, -0.2) is 0 Å². The van der Waals surface area contributed by atoms with E-state index in [0.717, 1.165) is 23.6 Å². The molecule has 2 N–H and O–H groups in total. The molecule has 1 aliphatic carbocycles. The summed E-state index contributed by atoms with van der Waals surface area (Å²) >= 11 is 0. The molecule has 0 aliphatic heterocycles. The van der Waals surface area contributed by atoms with Crippen LogP contribution in [-0.4, -0.2) is 10.2 Å². The molecule has 6 aromatic rings. The Morgan fingerprint density at radius 1 is 0.459 bits per heavy atom. The molecule has 0 fully saturated rings. The van der Waals surface area contributed by atoms with Crippen LogP contribution in [0.5, 0.6) is 11.5 Å². The van der Waals surface area contributed by atoms with Crippen molar-refractivity contribution >= 4 is 21.5 Å². The Morgan fingerprint density at radius 2 is 0.919 bits per heavy atom. The largest absolute Gasteiger partial charge is 0.508 e. The van der Waals surface area contributed by atoms with Gasteiger partial charge in [0.2, 0.25) is 0 Å². The Kier molecular flexibility index (Phi) is 4.84. The molecule has 37 heavy (non-hydrogen) atoms. The van der Waals surface area contributed by atoms with E-state index in [-0.39, 0.29) is 16.9 Å². The minimum absolute atomic E-state index is 0.272. The highest BCUT2D eigenvalue weighted by molar-refractivity contribution is 5.90. The zero-order chi connectivity index (χ0) is 25.0. The summed E-state index contributed by atoms with van der Waals surface area (Å²) in [5, 5.41) is 24.7. The van der Waals surface area contributed by atoms with Gasteiger partial charge in [0.15, 0.2) is 0 Å². The van der Waals surface area contributed by atoms with Gasteiger partial charge in [-0.1, -0.05) is 97.1 Å². The van der Waals surface area contributed by atoms with Crippen LogP contribution in [0.2, 0.25) is 0 Å². The van der Waals surface area contributed by atoms with Crippen molar-refractivity contribution in [2.45, 2.75) is 18.3 Å². The smallest absolute Gasteiger partial charge is 0.116 e. The van der Waals surface area contributed by atoms with E-state index in [1.54, 1.807) is 12.1 Å². The summed E-state index contributed by atoms with van der Waals surface area (Å²) in [6, 6.07) is 41.8. The van der Waals surface area contributed by atoms with Gasteiger partial charge in [0.05, 0.1) is 0 Å². The predicted molar refractivity (Wildman–Crippen MR) is 151 cm³/mol. The van der Waals surface area contributed by atoms with Crippen molar-refractivity contribution in [3.63, 3.8) is 0 Å². The molecule has 2 heteroatoms. The van der Waals surface area contributed by atoms with E-state index in [9.17, 15) is 10.2 Å². The van der Waals surface area contributed by atoms with Crippen LogP contribution in [-0.2, 0) is 18.3 Å². The monoisotopic (exact) mass is 478 g/mol. The number of benzene rings is 6. The molecule has 0 heterocycles. The van der Waals surface area contributed by atoms with Gasteiger partial charge in [-0.05, 0) is 92.0 Å². The summed E-state index contributed by atoms with van der Waals surface area (Å²) in [6.45, 7) is 0. The Bertz CT molecular complexity index is 1680. The zero-order valence-electron chi connectivity index (χ0n) is 20.4. The second-order valence-electron chi connectivity index (χ2n) is 10.2. The molecule has 2 nitrogen and oxygen atoms in total. The van der Waals surface area contributed by atoms with Gasteiger partial charge in [0, 0.05) is 5.41 Å². The van der Waals surface area contributed by atoms with Crippen LogP contribution in [0.25, 0.3) is 32.7 Å². The molecule has 178 valence electrons. The SMILES string of the molecule is Oc1ccc2c(CC3(Cc4cccc5cc(O)ccc45)c4ccccc4-c4ccccc43)cccc2c1. The van der Waals surface area contributed by atoms with Crippen LogP contribution in [0.1, 0.15) is 22.3 Å². The average Bonchev–Trinajstić information content (AvgIpc) is 3.18. The fourth-order valence-electron chi connectivity index (χ4n) is 6.49. The first-order chi connectivity index (χ1) is 18.1. The van der Waals surface area contributed by atoms with Crippen molar-refractivity contribution in [2.24, 2.45) is 0 Å². The normalized spacial score (nSPS) is 13.5. The van der Waals surface area contributed by atoms with Crippen molar-refractivity contribution < 1.29 is 10.2 Å². The van der Waals surface area contributed by atoms with Gasteiger partial charge in [-0.15, -0.1) is 0 Å². The molecule has 0 amide bonds. The molecule has 6 aromatic carbocycles. The fourth-order valence-corrected chi connectivity index (χ4v) is 6.49. The van der Waals surface area contributed by atoms with Gasteiger partial charge in [0.1, 0.15) is 11.5 Å². The van der Waals surface area contributed by atoms with Gasteiger partial charge in [-0.3, -0.25) is 0 Å². The van der Waals surface area contributed by atoms with E-state index in [0.29, 0.717) is 0 Å². The number of fused-ring (bicyclic) bond motifs is 5. The Hall–Kier alpha value is -4.56. The Labute approximate surface area is 216 Å². The van der Waals surface area contributed by atoms with Crippen molar-refractivity contribution in [1.29, 1.82) is 0 Å². The van der Waals surface area contributed by atoms with Gasteiger partial charge in [-0.2, -0.15) is 0 Å². The molecular weight excluding hydrogens is 452 g/mol. The lowest BCUT2D eigenvalue weighted by Gasteiger charge is -2.34. The van der Waals surface area contributed by atoms with E-state index in [2.05, 4.69) is 84.9 Å². The molecule has 0 aromatic heterocycles. The molecule has 7 rings (SSSR count). The van der Waals surface area contributed by atoms with Crippen LogP contribution in [0.3, 0.4) is 0 Å². The Balaban J connectivity index is 1.50. The maximum Gasteiger partial charge on any atom is 0.116 e. The molecule has 0 radical (unpaired) electrons. The Morgan fingerprint density at radius 3 is 1.41 bits per heavy atom. The third kappa shape index (κ3) is 3.41. The van der Waals surface area contributed by atoms with E-state index in [1.807, 2.05) is 24.3 Å². The van der Waals surface area contributed by atoms with Crippen molar-refractivity contribution in [3.05, 3.63) is 144 Å². The summed E-state index contributed by atoms with van der Waals surface area (Å²) in [4.78, 5) is 0. The molecule has 0 atom stereocenters. The second-order valence-corrected chi connectivity index (χ2v) is 10.2. The number of phenols is 2. The van der Waals surface area contributed by atoms with Crippen LogP contribution < -0.4 is 0 Å². The van der Waals surface area contributed by atoms with Crippen molar-refractivity contribution in [3.8, 4) is 22.6 Å². The molecule has 0 spiro atoms.